The lowest BCUT2D eigenvalue weighted by atomic mass is 10.2. The summed E-state index contributed by atoms with van der Waals surface area (Å²) in [5.74, 6) is 0.417. The average Bonchev–Trinajstić information content (AvgIpc) is 2.09. The summed E-state index contributed by atoms with van der Waals surface area (Å²) in [4.78, 5) is 0. The summed E-state index contributed by atoms with van der Waals surface area (Å²) in [7, 11) is 1.45. The van der Waals surface area contributed by atoms with Crippen molar-refractivity contribution in [1.82, 2.24) is 0 Å². The smallest absolute Gasteiger partial charge is 0.161 e. The van der Waals surface area contributed by atoms with Crippen molar-refractivity contribution >= 4 is 6.21 Å². The Hall–Kier alpha value is -1.71. The molecule has 1 aromatic rings. The van der Waals surface area contributed by atoms with Crippen LogP contribution >= 0.6 is 0 Å². The second kappa shape index (κ2) is 3.61. The third-order valence-electron chi connectivity index (χ3n) is 1.41. The van der Waals surface area contributed by atoms with Crippen LogP contribution in [0.2, 0.25) is 0 Å². The molecule has 0 aliphatic carbocycles. The van der Waals surface area contributed by atoms with Gasteiger partial charge in [0.15, 0.2) is 11.5 Å². The highest BCUT2D eigenvalue weighted by Crippen LogP contribution is 2.25. The van der Waals surface area contributed by atoms with Crippen LogP contribution in [-0.4, -0.2) is 23.6 Å². The monoisotopic (exact) mass is 167 g/mol. The Morgan fingerprint density at radius 3 is 2.83 bits per heavy atom. The number of methoxy groups -OCH3 is 1. The van der Waals surface area contributed by atoms with Gasteiger partial charge in [0, 0.05) is 5.56 Å². The summed E-state index contributed by atoms with van der Waals surface area (Å²) >= 11 is 0. The zero-order chi connectivity index (χ0) is 8.97. The highest BCUT2D eigenvalue weighted by Gasteiger charge is 2.00. The van der Waals surface area contributed by atoms with Crippen LogP contribution in [0.1, 0.15) is 5.56 Å². The second-order valence-electron chi connectivity index (χ2n) is 2.18. The number of ether oxygens (including phenoxy) is 1. The average molecular weight is 167 g/mol. The normalized spacial score (nSPS) is 10.4. The van der Waals surface area contributed by atoms with Gasteiger partial charge in [0.2, 0.25) is 0 Å². The van der Waals surface area contributed by atoms with Crippen molar-refractivity contribution in [1.29, 1.82) is 0 Å². The van der Waals surface area contributed by atoms with Crippen molar-refractivity contribution in [3.05, 3.63) is 23.8 Å². The van der Waals surface area contributed by atoms with Crippen LogP contribution in [0.3, 0.4) is 0 Å². The van der Waals surface area contributed by atoms with E-state index in [4.69, 9.17) is 9.94 Å². The van der Waals surface area contributed by atoms with Crippen LogP contribution in [0.4, 0.5) is 0 Å². The number of hydrogen-bond donors (Lipinski definition) is 2. The van der Waals surface area contributed by atoms with Gasteiger partial charge in [-0.2, -0.15) is 0 Å². The highest BCUT2D eigenvalue weighted by molar-refractivity contribution is 5.80. The van der Waals surface area contributed by atoms with E-state index in [2.05, 4.69) is 5.16 Å². The number of aromatic hydroxyl groups is 1. The number of nitrogens with zero attached hydrogens (tertiary/aromatic N) is 1. The maximum atomic E-state index is 9.17. The standard InChI is InChI=1S/C8H9NO3/c1-12-8-4-6(5-9-11)2-3-7(8)10/h2-5,10-11H,1H3/b9-5-. The van der Waals surface area contributed by atoms with Crippen LogP contribution in [0.15, 0.2) is 23.4 Å². The Kier molecular flexibility index (Phi) is 2.53. The topological polar surface area (TPSA) is 62.0 Å². The minimum absolute atomic E-state index is 0.0626. The molecule has 0 saturated heterocycles. The van der Waals surface area contributed by atoms with Crippen molar-refractivity contribution in [2.45, 2.75) is 0 Å². The fraction of sp³-hybridized carbons (Fsp3) is 0.125. The maximum Gasteiger partial charge on any atom is 0.161 e. The first-order chi connectivity index (χ1) is 5.77. The molecule has 0 spiro atoms. The van der Waals surface area contributed by atoms with Crippen LogP contribution in [-0.2, 0) is 0 Å². The Morgan fingerprint density at radius 1 is 1.50 bits per heavy atom. The molecule has 0 radical (unpaired) electrons. The lowest BCUT2D eigenvalue weighted by molar-refractivity contribution is 0.322. The van der Waals surface area contributed by atoms with Gasteiger partial charge in [-0.25, -0.2) is 0 Å². The van der Waals surface area contributed by atoms with E-state index in [0.717, 1.165) is 0 Å². The third-order valence-corrected chi connectivity index (χ3v) is 1.41. The summed E-state index contributed by atoms with van der Waals surface area (Å²) in [5, 5.41) is 20.2. The summed E-state index contributed by atoms with van der Waals surface area (Å²) in [6, 6.07) is 4.64. The summed E-state index contributed by atoms with van der Waals surface area (Å²) in [6.45, 7) is 0. The zero-order valence-electron chi connectivity index (χ0n) is 6.56. The molecular weight excluding hydrogens is 158 g/mol. The summed E-state index contributed by atoms with van der Waals surface area (Å²) < 4.78 is 4.84. The van der Waals surface area contributed by atoms with Crippen molar-refractivity contribution in [3.63, 3.8) is 0 Å². The predicted molar refractivity (Wildman–Crippen MR) is 44.0 cm³/mol. The van der Waals surface area contributed by atoms with E-state index in [1.54, 1.807) is 12.1 Å². The van der Waals surface area contributed by atoms with Crippen molar-refractivity contribution < 1.29 is 15.1 Å². The fourth-order valence-electron chi connectivity index (χ4n) is 0.841. The molecule has 0 aromatic heterocycles. The van der Waals surface area contributed by atoms with Gasteiger partial charge in [0.1, 0.15) is 0 Å². The first kappa shape index (κ1) is 8.39. The van der Waals surface area contributed by atoms with Gasteiger partial charge in [0.25, 0.3) is 0 Å². The SMILES string of the molecule is COc1cc(/C=N\O)ccc1O. The number of hydrogen-bond acceptors (Lipinski definition) is 4. The van der Waals surface area contributed by atoms with Gasteiger partial charge in [0.05, 0.1) is 13.3 Å². The van der Waals surface area contributed by atoms with E-state index in [9.17, 15) is 5.11 Å². The molecule has 4 heteroatoms. The largest absolute Gasteiger partial charge is 0.504 e. The molecule has 2 N–H and O–H groups in total. The molecule has 0 unspecified atom stereocenters. The molecule has 0 saturated carbocycles. The maximum absolute atomic E-state index is 9.17. The molecule has 12 heavy (non-hydrogen) atoms. The first-order valence-corrected chi connectivity index (χ1v) is 3.32. The Balaban J connectivity index is 3.05. The van der Waals surface area contributed by atoms with Crippen molar-refractivity contribution in [2.75, 3.05) is 7.11 Å². The molecular formula is C8H9NO3. The van der Waals surface area contributed by atoms with E-state index in [-0.39, 0.29) is 5.75 Å². The van der Waals surface area contributed by atoms with E-state index in [0.29, 0.717) is 11.3 Å². The molecule has 0 fully saturated rings. The highest BCUT2D eigenvalue weighted by atomic mass is 16.5. The van der Waals surface area contributed by atoms with E-state index in [1.165, 1.54) is 19.4 Å². The summed E-state index contributed by atoms with van der Waals surface area (Å²) in [6.07, 6.45) is 1.25. The van der Waals surface area contributed by atoms with Crippen molar-refractivity contribution in [2.24, 2.45) is 5.16 Å². The summed E-state index contributed by atoms with van der Waals surface area (Å²) in [5.41, 5.74) is 0.659. The van der Waals surface area contributed by atoms with Crippen LogP contribution < -0.4 is 4.74 Å². The zero-order valence-corrected chi connectivity index (χ0v) is 6.56. The van der Waals surface area contributed by atoms with Crippen LogP contribution in [0.25, 0.3) is 0 Å². The molecule has 0 aliphatic heterocycles. The van der Waals surface area contributed by atoms with Crippen LogP contribution in [0.5, 0.6) is 11.5 Å². The van der Waals surface area contributed by atoms with Gasteiger partial charge >= 0.3 is 0 Å². The molecule has 4 nitrogen and oxygen atoms in total. The number of benzene rings is 1. The molecule has 0 aliphatic rings. The van der Waals surface area contributed by atoms with Gasteiger partial charge in [-0.1, -0.05) is 5.16 Å². The quantitative estimate of drug-likeness (QED) is 0.395. The first-order valence-electron chi connectivity index (χ1n) is 3.32. The van der Waals surface area contributed by atoms with E-state index in [1.807, 2.05) is 0 Å². The predicted octanol–water partition coefficient (Wildman–Crippen LogP) is 1.21. The van der Waals surface area contributed by atoms with Gasteiger partial charge in [-0.15, -0.1) is 0 Å². The minimum Gasteiger partial charge on any atom is -0.504 e. The molecule has 0 heterocycles. The number of phenolic OH excluding ortho intramolecular Hbond substituents is 1. The third kappa shape index (κ3) is 1.66. The van der Waals surface area contributed by atoms with Gasteiger partial charge in [-0.05, 0) is 18.2 Å². The van der Waals surface area contributed by atoms with E-state index < -0.39 is 0 Å². The second-order valence-corrected chi connectivity index (χ2v) is 2.18. The molecule has 0 bridgehead atoms. The van der Waals surface area contributed by atoms with Crippen molar-refractivity contribution in [3.8, 4) is 11.5 Å². The molecule has 0 amide bonds. The molecule has 64 valence electrons. The van der Waals surface area contributed by atoms with E-state index >= 15 is 0 Å². The molecule has 1 rings (SSSR count). The Bertz CT molecular complexity index is 296. The number of rotatable bonds is 2. The van der Waals surface area contributed by atoms with Gasteiger partial charge in [-0.3, -0.25) is 0 Å². The lowest BCUT2D eigenvalue weighted by Crippen LogP contribution is -1.86. The minimum atomic E-state index is 0.0626. The number of oxime groups is 1. The fourth-order valence-corrected chi connectivity index (χ4v) is 0.841. The van der Waals surface area contributed by atoms with Gasteiger partial charge < -0.3 is 15.1 Å². The lowest BCUT2D eigenvalue weighted by Gasteiger charge is -2.02. The molecule has 0 atom stereocenters. The van der Waals surface area contributed by atoms with Crippen LogP contribution in [0, 0.1) is 0 Å². The molecule has 1 aromatic carbocycles. The Labute approximate surface area is 69.7 Å². The Morgan fingerprint density at radius 2 is 2.25 bits per heavy atom. The number of phenols is 1.